The van der Waals surface area contributed by atoms with Crippen molar-refractivity contribution < 1.29 is 4.57 Å². The number of hydrogen-bond donors (Lipinski definition) is 0. The van der Waals surface area contributed by atoms with Crippen LogP contribution in [0.1, 0.15) is 16.7 Å². The number of para-hydroxylation sites is 1. The average Bonchev–Trinajstić information content (AvgIpc) is 3.24. The van der Waals surface area contributed by atoms with Crippen molar-refractivity contribution in [2.45, 2.75) is 20.8 Å². The van der Waals surface area contributed by atoms with Crippen LogP contribution in [0.4, 0.5) is 5.69 Å². The first-order valence-electron chi connectivity index (χ1n) is 12.6. The Balaban J connectivity index is 1.93. The van der Waals surface area contributed by atoms with Crippen molar-refractivity contribution in [3.8, 4) is 28.1 Å². The summed E-state index contributed by atoms with van der Waals surface area (Å²) in [4.78, 5) is 4.06. The fourth-order valence-corrected chi connectivity index (χ4v) is 5.59. The molecule has 2 heterocycles. The summed E-state index contributed by atoms with van der Waals surface area (Å²) in [6, 6.07) is 32.0. The molecule has 4 aromatic carbocycles. The summed E-state index contributed by atoms with van der Waals surface area (Å²) in [7, 11) is 2.11. The van der Waals surface area contributed by atoms with E-state index in [-0.39, 0.29) is 0 Å². The third-order valence-corrected chi connectivity index (χ3v) is 7.34. The Bertz CT molecular complexity index is 1850. The minimum Gasteiger partial charge on any atom is -0.309 e. The van der Waals surface area contributed by atoms with Crippen LogP contribution in [0.2, 0.25) is 0 Å². The molecule has 0 bridgehead atoms. The number of aryl methyl sites for hydroxylation is 4. The normalized spacial score (nSPS) is 11.2. The Morgan fingerprint density at radius 1 is 0.703 bits per heavy atom. The van der Waals surface area contributed by atoms with Crippen LogP contribution in [0, 0.1) is 27.3 Å². The van der Waals surface area contributed by atoms with Crippen LogP contribution < -0.4 is 4.57 Å². The van der Waals surface area contributed by atoms with Gasteiger partial charge < -0.3 is 4.57 Å². The maximum Gasteiger partial charge on any atom is 0.214 e. The summed E-state index contributed by atoms with van der Waals surface area (Å²) in [5.41, 5.74) is 11.9. The third kappa shape index (κ3) is 3.53. The van der Waals surface area contributed by atoms with Crippen molar-refractivity contribution in [2.24, 2.45) is 7.05 Å². The largest absolute Gasteiger partial charge is 0.309 e. The van der Waals surface area contributed by atoms with E-state index in [9.17, 15) is 0 Å². The Kier molecular flexibility index (Phi) is 5.39. The van der Waals surface area contributed by atoms with E-state index >= 15 is 0 Å². The fourth-order valence-electron chi connectivity index (χ4n) is 5.59. The summed E-state index contributed by atoms with van der Waals surface area (Å²) in [5, 5.41) is 2.36. The third-order valence-electron chi connectivity index (χ3n) is 7.34. The second-order valence-corrected chi connectivity index (χ2v) is 9.82. The number of benzene rings is 4. The molecular weight excluding hydrogens is 450 g/mol. The van der Waals surface area contributed by atoms with Gasteiger partial charge in [-0.05, 0) is 55.2 Å². The van der Waals surface area contributed by atoms with Gasteiger partial charge in [-0.25, -0.2) is 9.41 Å². The van der Waals surface area contributed by atoms with Crippen molar-refractivity contribution >= 4 is 27.5 Å². The van der Waals surface area contributed by atoms with E-state index in [2.05, 4.69) is 133 Å². The van der Waals surface area contributed by atoms with E-state index in [0.29, 0.717) is 5.69 Å². The monoisotopic (exact) mass is 478 g/mol. The van der Waals surface area contributed by atoms with Gasteiger partial charge in [0.15, 0.2) is 11.9 Å². The molecule has 0 saturated heterocycles. The highest BCUT2D eigenvalue weighted by Crippen LogP contribution is 2.47. The summed E-state index contributed by atoms with van der Waals surface area (Å²) in [6.45, 7) is 14.5. The molecule has 0 radical (unpaired) electrons. The van der Waals surface area contributed by atoms with Gasteiger partial charge >= 0.3 is 0 Å². The highest BCUT2D eigenvalue weighted by Gasteiger charge is 2.26. The molecule has 2 aromatic heterocycles. The Hall–Kier alpha value is -4.68. The number of pyridine rings is 1. The van der Waals surface area contributed by atoms with Crippen molar-refractivity contribution in [3.63, 3.8) is 0 Å². The number of rotatable bonds is 3. The minimum atomic E-state index is 0.707. The van der Waals surface area contributed by atoms with Crippen molar-refractivity contribution in [1.29, 1.82) is 0 Å². The zero-order valence-corrected chi connectivity index (χ0v) is 21.6. The number of fused-ring (bicyclic) bond motifs is 3. The molecule has 0 N–H and O–H groups in total. The molecule has 37 heavy (non-hydrogen) atoms. The summed E-state index contributed by atoms with van der Waals surface area (Å²) >= 11 is 0. The quantitative estimate of drug-likeness (QED) is 0.179. The van der Waals surface area contributed by atoms with Gasteiger partial charge in [-0.1, -0.05) is 66.7 Å². The molecule has 0 aliphatic heterocycles. The molecule has 6 aromatic rings. The summed E-state index contributed by atoms with van der Waals surface area (Å²) < 4.78 is 4.58. The lowest BCUT2D eigenvalue weighted by molar-refractivity contribution is -0.660. The SMILES string of the molecule is [C-]#[N+]c1c(C)cc2c3ccc(C)c(-c4cc(C)cc[n+]4C)c3n(-c3ccccc3)c2c1-c1ccccc1. The van der Waals surface area contributed by atoms with Crippen LogP contribution >= 0.6 is 0 Å². The van der Waals surface area contributed by atoms with Gasteiger partial charge in [0.25, 0.3) is 0 Å². The molecule has 0 spiro atoms. The first-order chi connectivity index (χ1) is 18.0. The minimum absolute atomic E-state index is 0.707. The van der Waals surface area contributed by atoms with E-state index in [1.54, 1.807) is 0 Å². The molecule has 6 rings (SSSR count). The Morgan fingerprint density at radius 2 is 1.38 bits per heavy atom. The summed E-state index contributed by atoms with van der Waals surface area (Å²) in [5.74, 6) is 0. The van der Waals surface area contributed by atoms with Gasteiger partial charge in [-0.2, -0.15) is 0 Å². The van der Waals surface area contributed by atoms with Crippen LogP contribution in [0.15, 0.2) is 97.2 Å². The van der Waals surface area contributed by atoms with Crippen molar-refractivity contribution in [1.82, 2.24) is 4.57 Å². The van der Waals surface area contributed by atoms with Gasteiger partial charge in [-0.3, -0.25) is 0 Å². The van der Waals surface area contributed by atoms with Gasteiger partial charge in [0.2, 0.25) is 5.69 Å². The van der Waals surface area contributed by atoms with Crippen LogP contribution in [0.25, 0.3) is 54.7 Å². The zero-order valence-electron chi connectivity index (χ0n) is 21.6. The van der Waals surface area contributed by atoms with Crippen LogP contribution in [-0.2, 0) is 7.05 Å². The number of nitrogens with zero attached hydrogens (tertiary/aromatic N) is 3. The van der Waals surface area contributed by atoms with E-state index in [1.807, 2.05) is 6.07 Å². The highest BCUT2D eigenvalue weighted by atomic mass is 15.0. The molecule has 3 nitrogen and oxygen atoms in total. The van der Waals surface area contributed by atoms with E-state index in [1.165, 1.54) is 38.7 Å². The average molecular weight is 479 g/mol. The molecular formula is C34H28N3+. The zero-order chi connectivity index (χ0) is 25.7. The standard InChI is InChI=1S/C34H28N3/c1-22-18-19-36(5)29(20-22)30-23(2)16-17-27-28-21-24(3)32(35-4)31(25-12-8-6-9-13-25)34(28)37(33(27)30)26-14-10-7-11-15-26/h6-21H,1-3,5H3/q+1. The Morgan fingerprint density at radius 3 is 2.08 bits per heavy atom. The molecule has 0 aliphatic rings. The Labute approximate surface area is 217 Å². The van der Waals surface area contributed by atoms with Crippen molar-refractivity contribution in [2.75, 3.05) is 0 Å². The molecule has 0 unspecified atom stereocenters. The lowest BCUT2D eigenvalue weighted by Crippen LogP contribution is -2.30. The van der Waals surface area contributed by atoms with Crippen molar-refractivity contribution in [3.05, 3.63) is 125 Å². The second kappa shape index (κ2) is 8.76. The van der Waals surface area contributed by atoms with Gasteiger partial charge in [-0.15, -0.1) is 0 Å². The van der Waals surface area contributed by atoms with E-state index < -0.39 is 0 Å². The number of aromatic nitrogens is 2. The maximum absolute atomic E-state index is 8.13. The predicted molar refractivity (Wildman–Crippen MR) is 153 cm³/mol. The maximum atomic E-state index is 8.13. The molecule has 0 amide bonds. The lowest BCUT2D eigenvalue weighted by atomic mass is 9.95. The van der Waals surface area contributed by atoms with E-state index in [4.69, 9.17) is 6.57 Å². The predicted octanol–water partition coefficient (Wildman–Crippen LogP) is 8.42. The van der Waals surface area contributed by atoms with Gasteiger partial charge in [0.1, 0.15) is 7.05 Å². The van der Waals surface area contributed by atoms with Crippen LogP contribution in [0.5, 0.6) is 0 Å². The summed E-state index contributed by atoms with van der Waals surface area (Å²) in [6.07, 6.45) is 2.13. The topological polar surface area (TPSA) is 13.2 Å². The molecule has 0 fully saturated rings. The number of hydrogen-bond acceptors (Lipinski definition) is 0. The first-order valence-corrected chi connectivity index (χ1v) is 12.6. The smallest absolute Gasteiger partial charge is 0.214 e. The van der Waals surface area contributed by atoms with Crippen LogP contribution in [0.3, 0.4) is 0 Å². The molecule has 0 saturated carbocycles. The lowest BCUT2D eigenvalue weighted by Gasteiger charge is -2.16. The van der Waals surface area contributed by atoms with Gasteiger partial charge in [0, 0.05) is 34.2 Å². The van der Waals surface area contributed by atoms with E-state index in [0.717, 1.165) is 27.9 Å². The molecule has 3 heteroatoms. The second-order valence-electron chi connectivity index (χ2n) is 9.82. The van der Waals surface area contributed by atoms with Crippen LogP contribution in [-0.4, -0.2) is 4.57 Å². The first kappa shape index (κ1) is 22.8. The molecule has 178 valence electrons. The highest BCUT2D eigenvalue weighted by molar-refractivity contribution is 6.19. The molecule has 0 atom stereocenters. The van der Waals surface area contributed by atoms with Gasteiger partial charge in [0.05, 0.1) is 23.2 Å². The molecule has 0 aliphatic carbocycles. The fraction of sp³-hybridized carbons (Fsp3) is 0.118.